The van der Waals surface area contributed by atoms with Gasteiger partial charge in [-0.05, 0) is 59.8 Å². The van der Waals surface area contributed by atoms with Gasteiger partial charge in [-0.25, -0.2) is 0 Å². The summed E-state index contributed by atoms with van der Waals surface area (Å²) in [6, 6.07) is 14.4. The zero-order valence-electron chi connectivity index (χ0n) is 18.3. The highest BCUT2D eigenvalue weighted by molar-refractivity contribution is 9.10. The van der Waals surface area contributed by atoms with E-state index in [9.17, 15) is 9.90 Å². The van der Waals surface area contributed by atoms with E-state index in [0.717, 1.165) is 10.0 Å². The van der Waals surface area contributed by atoms with Crippen molar-refractivity contribution in [3.63, 3.8) is 0 Å². The van der Waals surface area contributed by atoms with E-state index in [1.165, 1.54) is 37.1 Å². The molecule has 0 bridgehead atoms. The number of halogens is 1. The Kier molecular flexibility index (Phi) is 7.39. The van der Waals surface area contributed by atoms with Crippen molar-refractivity contribution in [2.75, 3.05) is 14.2 Å². The number of hydrogen-bond acceptors (Lipinski definition) is 8. The van der Waals surface area contributed by atoms with Crippen LogP contribution in [0.2, 0.25) is 0 Å². The minimum atomic E-state index is -0.189. The number of methoxy groups -OCH3 is 2. The van der Waals surface area contributed by atoms with Crippen LogP contribution in [0.15, 0.2) is 78.8 Å². The molecule has 34 heavy (non-hydrogen) atoms. The fourth-order valence-corrected chi connectivity index (χ4v) is 4.32. The number of nitrogens with zero attached hydrogens (tertiary/aromatic N) is 3. The van der Waals surface area contributed by atoms with Gasteiger partial charge in [0.25, 0.3) is 5.91 Å². The predicted molar refractivity (Wildman–Crippen MR) is 135 cm³/mol. The van der Waals surface area contributed by atoms with Crippen LogP contribution in [0, 0.1) is 0 Å². The van der Waals surface area contributed by atoms with Gasteiger partial charge in [0.2, 0.25) is 5.75 Å². The molecule has 0 atom stereocenters. The van der Waals surface area contributed by atoms with Gasteiger partial charge in [0.05, 0.1) is 38.1 Å². The molecular formula is C24H20BrN3O5S. The molecule has 0 spiro atoms. The number of hydrogen-bond donors (Lipinski definition) is 1. The van der Waals surface area contributed by atoms with E-state index in [2.05, 4.69) is 26.1 Å². The van der Waals surface area contributed by atoms with Gasteiger partial charge in [0, 0.05) is 10.0 Å². The van der Waals surface area contributed by atoms with Gasteiger partial charge in [0.1, 0.15) is 5.76 Å². The number of aromatic hydroxyl groups is 1. The SMILES string of the molecule is COc1cc(/C=N\N=C2\S/C(=C\c3ccc(Br)cc3)C(=O)N2Cc2ccco2)cc(OC)c1O. The van der Waals surface area contributed by atoms with Crippen molar-refractivity contribution >= 4 is 51.1 Å². The van der Waals surface area contributed by atoms with Crippen LogP contribution >= 0.6 is 27.7 Å². The van der Waals surface area contributed by atoms with Crippen molar-refractivity contribution < 1.29 is 23.8 Å². The number of phenols is 1. The molecular weight excluding hydrogens is 522 g/mol. The van der Waals surface area contributed by atoms with Crippen LogP contribution in [-0.4, -0.2) is 41.5 Å². The summed E-state index contributed by atoms with van der Waals surface area (Å²) in [7, 11) is 2.89. The maximum absolute atomic E-state index is 13.1. The first-order chi connectivity index (χ1) is 16.5. The summed E-state index contributed by atoms with van der Waals surface area (Å²) < 4.78 is 16.7. The van der Waals surface area contributed by atoms with Crippen molar-refractivity contribution in [1.29, 1.82) is 0 Å². The molecule has 1 saturated heterocycles. The van der Waals surface area contributed by atoms with Gasteiger partial charge >= 0.3 is 0 Å². The molecule has 0 unspecified atom stereocenters. The van der Waals surface area contributed by atoms with Crippen LogP contribution < -0.4 is 9.47 Å². The zero-order chi connectivity index (χ0) is 24.1. The first-order valence-corrected chi connectivity index (χ1v) is 11.6. The standard InChI is InChI=1S/C24H20BrN3O5S/c1-31-19-10-16(11-20(32-2)22(19)29)13-26-27-24-28(14-18-4-3-9-33-18)23(30)21(34-24)12-15-5-7-17(25)8-6-15/h3-13,29H,14H2,1-2H3/b21-12-,26-13-,27-24+. The molecule has 174 valence electrons. The number of rotatable bonds is 7. The number of furan rings is 1. The molecule has 1 fully saturated rings. The molecule has 3 aromatic rings. The minimum Gasteiger partial charge on any atom is -0.502 e. The van der Waals surface area contributed by atoms with Crippen LogP contribution in [0.1, 0.15) is 16.9 Å². The van der Waals surface area contributed by atoms with Gasteiger partial charge in [-0.15, -0.1) is 5.10 Å². The Bertz CT molecular complexity index is 1250. The Morgan fingerprint density at radius 3 is 2.44 bits per heavy atom. The van der Waals surface area contributed by atoms with Gasteiger partial charge < -0.3 is 19.0 Å². The van der Waals surface area contributed by atoms with Gasteiger partial charge in [-0.3, -0.25) is 9.69 Å². The molecule has 0 radical (unpaired) electrons. The summed E-state index contributed by atoms with van der Waals surface area (Å²) in [5, 5.41) is 18.9. The third kappa shape index (κ3) is 5.35. The van der Waals surface area contributed by atoms with E-state index in [4.69, 9.17) is 13.9 Å². The molecule has 0 saturated carbocycles. The second kappa shape index (κ2) is 10.6. The minimum absolute atomic E-state index is 0.0993. The molecule has 1 amide bonds. The number of phenolic OH excluding ortho intramolecular Hbond substituents is 1. The lowest BCUT2D eigenvalue weighted by atomic mass is 10.2. The Hall–Kier alpha value is -3.50. The molecule has 1 aliphatic heterocycles. The highest BCUT2D eigenvalue weighted by Gasteiger charge is 2.34. The highest BCUT2D eigenvalue weighted by atomic mass is 79.9. The second-order valence-corrected chi connectivity index (χ2v) is 8.96. The number of amides is 1. The largest absolute Gasteiger partial charge is 0.502 e. The van der Waals surface area contributed by atoms with Crippen LogP contribution in [0.3, 0.4) is 0 Å². The highest BCUT2D eigenvalue weighted by Crippen LogP contribution is 2.37. The van der Waals surface area contributed by atoms with Crippen molar-refractivity contribution in [2.45, 2.75) is 6.54 Å². The molecule has 2 aromatic carbocycles. The van der Waals surface area contributed by atoms with Crippen molar-refractivity contribution in [3.05, 3.63) is 81.1 Å². The number of amidine groups is 1. The van der Waals surface area contributed by atoms with E-state index < -0.39 is 0 Å². The van der Waals surface area contributed by atoms with Gasteiger partial charge in [-0.1, -0.05) is 28.1 Å². The third-order valence-corrected chi connectivity index (χ3v) is 6.33. The Morgan fingerprint density at radius 1 is 1.12 bits per heavy atom. The molecule has 0 aliphatic carbocycles. The average Bonchev–Trinajstić information content (AvgIpc) is 3.45. The van der Waals surface area contributed by atoms with E-state index >= 15 is 0 Å². The number of carbonyl (C=O) groups excluding carboxylic acids is 1. The predicted octanol–water partition coefficient (Wildman–Crippen LogP) is 5.27. The fraction of sp³-hybridized carbons (Fsp3) is 0.125. The summed E-state index contributed by atoms with van der Waals surface area (Å²) in [6.07, 6.45) is 4.86. The number of benzene rings is 2. The number of thioether (sulfide) groups is 1. The third-order valence-electron chi connectivity index (χ3n) is 4.80. The smallest absolute Gasteiger partial charge is 0.267 e. The fourth-order valence-electron chi connectivity index (χ4n) is 3.12. The molecule has 1 aromatic heterocycles. The lowest BCUT2D eigenvalue weighted by Crippen LogP contribution is -2.28. The molecule has 4 rings (SSSR count). The van der Waals surface area contributed by atoms with E-state index in [0.29, 0.717) is 21.4 Å². The average molecular weight is 542 g/mol. The lowest BCUT2D eigenvalue weighted by molar-refractivity contribution is -0.122. The zero-order valence-corrected chi connectivity index (χ0v) is 20.7. The quantitative estimate of drug-likeness (QED) is 0.248. The monoisotopic (exact) mass is 541 g/mol. The topological polar surface area (TPSA) is 96.9 Å². The van der Waals surface area contributed by atoms with Crippen molar-refractivity contribution in [3.8, 4) is 17.2 Å². The Labute approximate surface area is 208 Å². The van der Waals surface area contributed by atoms with E-state index in [-0.39, 0.29) is 29.7 Å². The Morgan fingerprint density at radius 2 is 1.82 bits per heavy atom. The lowest BCUT2D eigenvalue weighted by Gasteiger charge is -2.12. The maximum Gasteiger partial charge on any atom is 0.267 e. The van der Waals surface area contributed by atoms with E-state index in [1.807, 2.05) is 30.3 Å². The number of carbonyl (C=O) groups is 1. The van der Waals surface area contributed by atoms with Crippen LogP contribution in [0.5, 0.6) is 17.2 Å². The normalized spacial score (nSPS) is 16.2. The summed E-state index contributed by atoms with van der Waals surface area (Å²) in [5.41, 5.74) is 1.50. The Balaban J connectivity index is 1.63. The van der Waals surface area contributed by atoms with Gasteiger partial charge in [0.15, 0.2) is 16.7 Å². The van der Waals surface area contributed by atoms with E-state index in [1.54, 1.807) is 30.5 Å². The summed E-state index contributed by atoms with van der Waals surface area (Å²) in [4.78, 5) is 15.2. The van der Waals surface area contributed by atoms with Crippen molar-refractivity contribution in [2.24, 2.45) is 10.2 Å². The first-order valence-electron chi connectivity index (χ1n) is 10.0. The molecule has 8 nitrogen and oxygen atoms in total. The summed E-state index contributed by atoms with van der Waals surface area (Å²) in [6.45, 7) is 0.228. The molecule has 2 heterocycles. The molecule has 1 N–H and O–H groups in total. The molecule has 10 heteroatoms. The van der Waals surface area contributed by atoms with Crippen LogP contribution in [0.4, 0.5) is 0 Å². The maximum atomic E-state index is 13.1. The summed E-state index contributed by atoms with van der Waals surface area (Å²) in [5.74, 6) is 0.837. The second-order valence-electron chi connectivity index (χ2n) is 7.03. The number of ether oxygens (including phenoxy) is 2. The van der Waals surface area contributed by atoms with Crippen LogP contribution in [0.25, 0.3) is 6.08 Å². The van der Waals surface area contributed by atoms with Crippen molar-refractivity contribution in [1.82, 2.24) is 4.90 Å². The first kappa shape index (κ1) is 23.7. The van der Waals surface area contributed by atoms with Crippen LogP contribution in [-0.2, 0) is 11.3 Å². The molecule has 1 aliphatic rings. The van der Waals surface area contributed by atoms with Gasteiger partial charge in [-0.2, -0.15) is 5.10 Å². The summed E-state index contributed by atoms with van der Waals surface area (Å²) >= 11 is 4.65.